The fraction of sp³-hybridized carbons (Fsp3) is 0.353. The summed E-state index contributed by atoms with van der Waals surface area (Å²) in [6.07, 6.45) is 1.32. The molecule has 0 aliphatic rings. The Bertz CT molecular complexity index is 758. The van der Waals surface area contributed by atoms with Gasteiger partial charge in [-0.3, -0.25) is 10.1 Å². The number of carbonyl (C=O) groups is 2. The van der Waals surface area contributed by atoms with E-state index in [4.69, 9.17) is 9.84 Å². The number of amides is 2. The molecule has 1 heterocycles. The molecular formula is C17H21N3O4S. The number of anilines is 2. The van der Waals surface area contributed by atoms with Gasteiger partial charge in [0, 0.05) is 11.1 Å². The minimum absolute atomic E-state index is 0.119. The molecule has 8 heteroatoms. The van der Waals surface area contributed by atoms with Crippen LogP contribution in [0.5, 0.6) is 5.75 Å². The molecule has 2 aromatic rings. The Morgan fingerprint density at radius 3 is 2.76 bits per heavy atom. The quantitative estimate of drug-likeness (QED) is 0.695. The fourth-order valence-corrected chi connectivity index (χ4v) is 2.75. The van der Waals surface area contributed by atoms with Crippen LogP contribution in [0.1, 0.15) is 24.3 Å². The van der Waals surface area contributed by atoms with Gasteiger partial charge >= 0.3 is 12.0 Å². The first kappa shape index (κ1) is 18.7. The van der Waals surface area contributed by atoms with Crippen LogP contribution in [0.15, 0.2) is 24.4 Å². The van der Waals surface area contributed by atoms with Gasteiger partial charge in [-0.05, 0) is 30.5 Å². The average Bonchev–Trinajstić information content (AvgIpc) is 2.93. The van der Waals surface area contributed by atoms with E-state index >= 15 is 0 Å². The molecule has 25 heavy (non-hydrogen) atoms. The molecule has 0 saturated heterocycles. The number of urea groups is 1. The van der Waals surface area contributed by atoms with E-state index in [2.05, 4.69) is 15.6 Å². The number of carbonyl (C=O) groups excluding carboxylic acids is 1. The number of ether oxygens (including phenoxy) is 1. The fourth-order valence-electron chi connectivity index (χ4n) is 1.96. The van der Waals surface area contributed by atoms with Gasteiger partial charge in [-0.15, -0.1) is 11.3 Å². The van der Waals surface area contributed by atoms with E-state index in [1.165, 1.54) is 6.20 Å². The number of carboxylic acid groups (broad SMARTS) is 1. The monoisotopic (exact) mass is 363 g/mol. The van der Waals surface area contributed by atoms with Gasteiger partial charge in [0.15, 0.2) is 5.13 Å². The molecule has 1 aromatic carbocycles. The third kappa shape index (κ3) is 6.07. The standard InChI is InChI=1S/C17H21N3O4S/c1-10(2)9-24-14-6-11(3)4-5-13(14)19-16(23)20-17-18-8-12(25-17)7-15(21)22/h4-6,8,10H,7,9H2,1-3H3,(H,21,22)(H2,18,19,20,23). The van der Waals surface area contributed by atoms with Crippen molar-refractivity contribution in [1.82, 2.24) is 4.98 Å². The van der Waals surface area contributed by atoms with Gasteiger partial charge in [0.1, 0.15) is 5.75 Å². The highest BCUT2D eigenvalue weighted by Gasteiger charge is 2.12. The van der Waals surface area contributed by atoms with Crippen LogP contribution in [0.2, 0.25) is 0 Å². The largest absolute Gasteiger partial charge is 0.491 e. The van der Waals surface area contributed by atoms with E-state index in [0.29, 0.717) is 34.0 Å². The molecule has 0 aliphatic heterocycles. The zero-order valence-electron chi connectivity index (χ0n) is 14.3. The molecule has 0 radical (unpaired) electrons. The number of thiazole rings is 1. The van der Waals surface area contributed by atoms with Crippen LogP contribution < -0.4 is 15.4 Å². The molecule has 7 nitrogen and oxygen atoms in total. The smallest absolute Gasteiger partial charge is 0.325 e. The lowest BCUT2D eigenvalue weighted by atomic mass is 10.2. The van der Waals surface area contributed by atoms with Gasteiger partial charge in [-0.1, -0.05) is 19.9 Å². The lowest BCUT2D eigenvalue weighted by Crippen LogP contribution is -2.20. The van der Waals surface area contributed by atoms with Crippen molar-refractivity contribution in [3.8, 4) is 5.75 Å². The molecule has 0 aliphatic carbocycles. The van der Waals surface area contributed by atoms with Gasteiger partial charge in [-0.2, -0.15) is 0 Å². The minimum Gasteiger partial charge on any atom is -0.491 e. The normalized spacial score (nSPS) is 10.6. The summed E-state index contributed by atoms with van der Waals surface area (Å²) in [4.78, 5) is 27.4. The Kier molecular flexibility index (Phi) is 6.35. The Balaban J connectivity index is 2.02. The third-order valence-electron chi connectivity index (χ3n) is 3.06. The van der Waals surface area contributed by atoms with E-state index in [-0.39, 0.29) is 6.42 Å². The predicted molar refractivity (Wildman–Crippen MR) is 97.6 cm³/mol. The van der Waals surface area contributed by atoms with Crippen LogP contribution in [0, 0.1) is 12.8 Å². The molecule has 134 valence electrons. The van der Waals surface area contributed by atoms with E-state index in [1.54, 1.807) is 6.07 Å². The van der Waals surface area contributed by atoms with Crippen molar-refractivity contribution in [1.29, 1.82) is 0 Å². The Morgan fingerprint density at radius 2 is 2.08 bits per heavy atom. The van der Waals surface area contributed by atoms with E-state index in [1.807, 2.05) is 32.9 Å². The van der Waals surface area contributed by atoms with Crippen molar-refractivity contribution in [3.63, 3.8) is 0 Å². The van der Waals surface area contributed by atoms with Gasteiger partial charge in [0.2, 0.25) is 0 Å². The number of benzene rings is 1. The second-order valence-electron chi connectivity index (χ2n) is 5.99. The molecule has 0 unspecified atom stereocenters. The lowest BCUT2D eigenvalue weighted by Gasteiger charge is -2.14. The van der Waals surface area contributed by atoms with Crippen LogP contribution in [0.4, 0.5) is 15.6 Å². The molecule has 0 fully saturated rings. The lowest BCUT2D eigenvalue weighted by molar-refractivity contribution is -0.136. The van der Waals surface area contributed by atoms with Gasteiger partial charge in [0.25, 0.3) is 0 Å². The van der Waals surface area contributed by atoms with E-state index < -0.39 is 12.0 Å². The summed E-state index contributed by atoms with van der Waals surface area (Å²) in [5.41, 5.74) is 1.59. The highest BCUT2D eigenvalue weighted by atomic mass is 32.1. The highest BCUT2D eigenvalue weighted by molar-refractivity contribution is 7.15. The number of nitrogens with one attached hydrogen (secondary N) is 2. The van der Waals surface area contributed by atoms with Crippen molar-refractivity contribution < 1.29 is 19.4 Å². The van der Waals surface area contributed by atoms with Crippen molar-refractivity contribution in [2.45, 2.75) is 27.2 Å². The van der Waals surface area contributed by atoms with Crippen molar-refractivity contribution >= 4 is 34.2 Å². The number of aliphatic carboxylic acids is 1. The molecule has 0 saturated carbocycles. The summed E-state index contributed by atoms with van der Waals surface area (Å²) in [5, 5.41) is 14.4. The molecule has 0 atom stereocenters. The molecule has 2 rings (SSSR count). The maximum atomic E-state index is 12.2. The van der Waals surface area contributed by atoms with Crippen LogP contribution >= 0.6 is 11.3 Å². The van der Waals surface area contributed by atoms with Gasteiger partial charge < -0.3 is 15.2 Å². The van der Waals surface area contributed by atoms with E-state index in [0.717, 1.165) is 16.9 Å². The summed E-state index contributed by atoms with van der Waals surface area (Å²) in [6, 6.07) is 5.07. The molecule has 1 aromatic heterocycles. The highest BCUT2D eigenvalue weighted by Crippen LogP contribution is 2.27. The number of nitrogens with zero attached hydrogens (tertiary/aromatic N) is 1. The summed E-state index contributed by atoms with van der Waals surface area (Å²) in [6.45, 7) is 6.59. The second-order valence-corrected chi connectivity index (χ2v) is 7.10. The number of carboxylic acids is 1. The van der Waals surface area contributed by atoms with Gasteiger partial charge in [-0.25, -0.2) is 9.78 Å². The first-order valence-corrected chi connectivity index (χ1v) is 8.63. The minimum atomic E-state index is -0.939. The number of aromatic nitrogens is 1. The zero-order chi connectivity index (χ0) is 18.4. The van der Waals surface area contributed by atoms with Gasteiger partial charge in [0.05, 0.1) is 18.7 Å². The topological polar surface area (TPSA) is 101 Å². The first-order valence-electron chi connectivity index (χ1n) is 7.81. The maximum absolute atomic E-state index is 12.2. The first-order chi connectivity index (χ1) is 11.8. The van der Waals surface area contributed by atoms with Crippen molar-refractivity contribution in [2.24, 2.45) is 5.92 Å². The maximum Gasteiger partial charge on any atom is 0.325 e. The molecule has 3 N–H and O–H groups in total. The van der Waals surface area contributed by atoms with Crippen molar-refractivity contribution in [2.75, 3.05) is 17.2 Å². The zero-order valence-corrected chi connectivity index (χ0v) is 15.1. The number of hydrogen-bond donors (Lipinski definition) is 3. The summed E-state index contributed by atoms with van der Waals surface area (Å²) < 4.78 is 5.76. The Labute approximate surface area is 150 Å². The third-order valence-corrected chi connectivity index (χ3v) is 3.97. The van der Waals surface area contributed by atoms with Crippen LogP contribution in [-0.2, 0) is 11.2 Å². The molecule has 2 amide bonds. The Hall–Kier alpha value is -2.61. The molecular weight excluding hydrogens is 342 g/mol. The number of aryl methyl sites for hydroxylation is 1. The van der Waals surface area contributed by atoms with Crippen LogP contribution in [0.25, 0.3) is 0 Å². The van der Waals surface area contributed by atoms with Crippen molar-refractivity contribution in [3.05, 3.63) is 34.8 Å². The molecule has 0 bridgehead atoms. The van der Waals surface area contributed by atoms with Crippen LogP contribution in [0.3, 0.4) is 0 Å². The number of rotatable bonds is 7. The summed E-state index contributed by atoms with van der Waals surface area (Å²) in [7, 11) is 0. The predicted octanol–water partition coefficient (Wildman–Crippen LogP) is 3.76. The summed E-state index contributed by atoms with van der Waals surface area (Å²) in [5.74, 6) is 0.0333. The average molecular weight is 363 g/mol. The summed E-state index contributed by atoms with van der Waals surface area (Å²) >= 11 is 1.13. The number of hydrogen-bond acceptors (Lipinski definition) is 5. The second kappa shape index (κ2) is 8.48. The SMILES string of the molecule is Cc1ccc(NC(=O)Nc2ncc(CC(=O)O)s2)c(OCC(C)C)c1. The molecule has 0 spiro atoms. The van der Waals surface area contributed by atoms with Crippen LogP contribution in [-0.4, -0.2) is 28.7 Å². The van der Waals surface area contributed by atoms with E-state index in [9.17, 15) is 9.59 Å². The Morgan fingerprint density at radius 1 is 1.32 bits per heavy atom.